The minimum atomic E-state index is -3.71. The molecule has 0 aliphatic carbocycles. The highest BCUT2D eigenvalue weighted by Gasteiger charge is 2.33. The molecule has 2 aromatic rings. The van der Waals surface area contributed by atoms with E-state index in [4.69, 9.17) is 18.9 Å². The van der Waals surface area contributed by atoms with Gasteiger partial charge in [-0.1, -0.05) is 0 Å². The summed E-state index contributed by atoms with van der Waals surface area (Å²) in [4.78, 5) is 17.2. The maximum absolute atomic E-state index is 13.2. The molecular weight excluding hydrogens is 462 g/mol. The van der Waals surface area contributed by atoms with E-state index >= 15 is 0 Å². The van der Waals surface area contributed by atoms with E-state index in [0.29, 0.717) is 62.3 Å². The third-order valence-corrected chi connectivity index (χ3v) is 7.63. The summed E-state index contributed by atoms with van der Waals surface area (Å²) in [6.07, 6.45) is 3.15. The number of carbonyl (C=O) groups excluding carboxylic acids is 1. The number of amides is 1. The third kappa shape index (κ3) is 5.60. The predicted octanol–water partition coefficient (Wildman–Crippen LogP) is 2.31. The molecule has 3 heterocycles. The minimum absolute atomic E-state index is 0.160. The summed E-state index contributed by atoms with van der Waals surface area (Å²) in [5.41, 5.74) is 0.478. The van der Waals surface area contributed by atoms with Gasteiger partial charge in [0.2, 0.25) is 21.8 Å². The lowest BCUT2D eigenvalue weighted by Crippen LogP contribution is -2.41. The number of hydrogen-bond acceptors (Lipinski definition) is 8. The fourth-order valence-electron chi connectivity index (χ4n) is 3.87. The van der Waals surface area contributed by atoms with Crippen molar-refractivity contribution < 1.29 is 32.2 Å². The molecule has 34 heavy (non-hydrogen) atoms. The van der Waals surface area contributed by atoms with E-state index in [2.05, 4.69) is 10.3 Å². The average Bonchev–Trinajstić information content (AvgIpc) is 3.10. The predicted molar refractivity (Wildman–Crippen MR) is 124 cm³/mol. The van der Waals surface area contributed by atoms with Gasteiger partial charge in [-0.15, -0.1) is 0 Å². The lowest BCUT2D eigenvalue weighted by atomic mass is 9.97. The van der Waals surface area contributed by atoms with Gasteiger partial charge in [-0.25, -0.2) is 13.4 Å². The van der Waals surface area contributed by atoms with Crippen LogP contribution in [0.5, 0.6) is 17.4 Å². The zero-order chi connectivity index (χ0) is 24.0. The number of rotatable bonds is 8. The Hall–Kier alpha value is -2.89. The Balaban J connectivity index is 1.37. The van der Waals surface area contributed by atoms with Crippen molar-refractivity contribution in [1.29, 1.82) is 0 Å². The molecule has 1 fully saturated rings. The SMILES string of the molecule is COCCOc1ncccc1NC(=O)C1CCN(S(=O)(=O)c2ccc3c(c2)OCCCO3)CC1. The molecule has 0 atom stereocenters. The third-order valence-electron chi connectivity index (χ3n) is 5.74. The van der Waals surface area contributed by atoms with Crippen molar-refractivity contribution >= 4 is 21.6 Å². The number of pyridine rings is 1. The monoisotopic (exact) mass is 491 g/mol. The molecular formula is C23H29N3O7S. The van der Waals surface area contributed by atoms with Crippen LogP contribution in [0, 0.1) is 5.92 Å². The van der Waals surface area contributed by atoms with Crippen molar-refractivity contribution in [3.8, 4) is 17.4 Å². The van der Waals surface area contributed by atoms with Crippen molar-refractivity contribution in [1.82, 2.24) is 9.29 Å². The van der Waals surface area contributed by atoms with E-state index < -0.39 is 10.0 Å². The number of anilines is 1. The number of nitrogens with one attached hydrogen (secondary N) is 1. The molecule has 2 aliphatic rings. The zero-order valence-corrected chi connectivity index (χ0v) is 19.9. The number of benzene rings is 1. The second-order valence-electron chi connectivity index (χ2n) is 8.02. The van der Waals surface area contributed by atoms with E-state index in [1.54, 1.807) is 31.5 Å². The summed E-state index contributed by atoms with van der Waals surface area (Å²) in [5, 5.41) is 2.87. The number of nitrogens with zero attached hydrogens (tertiary/aromatic N) is 2. The zero-order valence-electron chi connectivity index (χ0n) is 19.1. The second-order valence-corrected chi connectivity index (χ2v) is 9.96. The Labute approximate surface area is 199 Å². The van der Waals surface area contributed by atoms with Crippen molar-refractivity contribution in [3.05, 3.63) is 36.5 Å². The molecule has 11 heteroatoms. The topological polar surface area (TPSA) is 116 Å². The van der Waals surface area contributed by atoms with Crippen molar-refractivity contribution in [2.45, 2.75) is 24.2 Å². The first kappa shape index (κ1) is 24.2. The summed E-state index contributed by atoms with van der Waals surface area (Å²) in [6, 6.07) is 8.12. The molecule has 0 bridgehead atoms. The second kappa shape index (κ2) is 11.0. The fourth-order valence-corrected chi connectivity index (χ4v) is 5.35. The largest absolute Gasteiger partial charge is 0.490 e. The molecule has 2 aliphatic heterocycles. The first-order chi connectivity index (χ1) is 16.5. The molecule has 10 nitrogen and oxygen atoms in total. The van der Waals surface area contributed by atoms with Crippen LogP contribution in [-0.4, -0.2) is 70.2 Å². The number of fused-ring (bicyclic) bond motifs is 1. The van der Waals surface area contributed by atoms with Crippen LogP contribution in [0.25, 0.3) is 0 Å². The maximum Gasteiger partial charge on any atom is 0.243 e. The number of hydrogen-bond donors (Lipinski definition) is 1. The van der Waals surface area contributed by atoms with Crippen LogP contribution in [0.1, 0.15) is 19.3 Å². The summed E-state index contributed by atoms with van der Waals surface area (Å²) in [6.45, 7) is 2.23. The van der Waals surface area contributed by atoms with Crippen LogP contribution in [0.15, 0.2) is 41.4 Å². The molecule has 0 radical (unpaired) electrons. The van der Waals surface area contributed by atoms with Crippen molar-refractivity contribution in [2.75, 3.05) is 51.9 Å². The van der Waals surface area contributed by atoms with E-state index in [1.165, 1.54) is 16.4 Å². The van der Waals surface area contributed by atoms with Gasteiger partial charge in [-0.05, 0) is 37.1 Å². The van der Waals surface area contributed by atoms with Gasteiger partial charge in [0, 0.05) is 44.8 Å². The summed E-state index contributed by atoms with van der Waals surface area (Å²) in [5.74, 6) is 0.808. The van der Waals surface area contributed by atoms with E-state index in [0.717, 1.165) is 6.42 Å². The van der Waals surface area contributed by atoms with Gasteiger partial charge < -0.3 is 24.3 Å². The Morgan fingerprint density at radius 2 is 1.91 bits per heavy atom. The number of piperidine rings is 1. The number of carbonyl (C=O) groups is 1. The molecule has 1 saturated heterocycles. The van der Waals surface area contributed by atoms with Gasteiger partial charge in [0.25, 0.3) is 0 Å². The normalized spacial score (nSPS) is 17.1. The van der Waals surface area contributed by atoms with Crippen LogP contribution < -0.4 is 19.5 Å². The van der Waals surface area contributed by atoms with Crippen LogP contribution in [-0.2, 0) is 19.6 Å². The van der Waals surface area contributed by atoms with Gasteiger partial charge in [-0.3, -0.25) is 4.79 Å². The van der Waals surface area contributed by atoms with Gasteiger partial charge in [0.15, 0.2) is 11.5 Å². The lowest BCUT2D eigenvalue weighted by Gasteiger charge is -2.30. The molecule has 4 rings (SSSR count). The highest BCUT2D eigenvalue weighted by Crippen LogP contribution is 2.34. The average molecular weight is 492 g/mol. The number of sulfonamides is 1. The fraction of sp³-hybridized carbons (Fsp3) is 0.478. The summed E-state index contributed by atoms with van der Waals surface area (Å²) >= 11 is 0. The Kier molecular flexibility index (Phi) is 7.86. The lowest BCUT2D eigenvalue weighted by molar-refractivity contribution is -0.120. The Bertz CT molecular complexity index is 1100. The van der Waals surface area contributed by atoms with Crippen molar-refractivity contribution in [2.24, 2.45) is 5.92 Å². The molecule has 1 amide bonds. The van der Waals surface area contributed by atoms with Crippen LogP contribution in [0.2, 0.25) is 0 Å². The van der Waals surface area contributed by atoms with Crippen molar-refractivity contribution in [3.63, 3.8) is 0 Å². The highest BCUT2D eigenvalue weighted by molar-refractivity contribution is 7.89. The smallest absolute Gasteiger partial charge is 0.243 e. The molecule has 0 saturated carbocycles. The van der Waals surface area contributed by atoms with Gasteiger partial charge >= 0.3 is 0 Å². The number of methoxy groups -OCH3 is 1. The van der Waals surface area contributed by atoms with E-state index in [-0.39, 0.29) is 29.8 Å². The minimum Gasteiger partial charge on any atom is -0.490 e. The van der Waals surface area contributed by atoms with Gasteiger partial charge in [0.05, 0.1) is 24.7 Å². The maximum atomic E-state index is 13.2. The Morgan fingerprint density at radius 3 is 2.68 bits per heavy atom. The van der Waals surface area contributed by atoms with Crippen LogP contribution in [0.4, 0.5) is 5.69 Å². The molecule has 1 N–H and O–H groups in total. The molecule has 0 spiro atoms. The molecule has 1 aromatic heterocycles. The standard InChI is InChI=1S/C23H29N3O7S/c1-30-14-15-33-23-19(4-2-9-24-23)25-22(27)17-7-10-26(11-8-17)34(28,29)18-5-6-20-21(16-18)32-13-3-12-31-20/h2,4-6,9,16-17H,3,7-8,10-15H2,1H3,(H,25,27). The molecule has 184 valence electrons. The number of ether oxygens (including phenoxy) is 4. The van der Waals surface area contributed by atoms with Gasteiger partial charge in [-0.2, -0.15) is 4.31 Å². The first-order valence-electron chi connectivity index (χ1n) is 11.3. The van der Waals surface area contributed by atoms with E-state index in [1.807, 2.05) is 0 Å². The first-order valence-corrected chi connectivity index (χ1v) is 12.7. The van der Waals surface area contributed by atoms with Crippen LogP contribution >= 0.6 is 0 Å². The molecule has 1 aromatic carbocycles. The van der Waals surface area contributed by atoms with Crippen LogP contribution in [0.3, 0.4) is 0 Å². The van der Waals surface area contributed by atoms with E-state index in [9.17, 15) is 13.2 Å². The molecule has 0 unspecified atom stereocenters. The number of aromatic nitrogens is 1. The summed E-state index contributed by atoms with van der Waals surface area (Å²) < 4.78 is 49.6. The highest BCUT2D eigenvalue weighted by atomic mass is 32.2. The quantitative estimate of drug-likeness (QED) is 0.559. The Morgan fingerprint density at radius 1 is 1.15 bits per heavy atom. The van der Waals surface area contributed by atoms with Gasteiger partial charge in [0.1, 0.15) is 12.3 Å². The summed E-state index contributed by atoms with van der Waals surface area (Å²) in [7, 11) is -2.14.